The van der Waals surface area contributed by atoms with Gasteiger partial charge in [-0.2, -0.15) is 9.94 Å². The number of rotatable bonds is 6. The Bertz CT molecular complexity index is 1320. The number of primary amides is 1. The average Bonchev–Trinajstić information content (AvgIpc) is 3.38. The number of aromatic nitrogens is 3. The highest BCUT2D eigenvalue weighted by Gasteiger charge is 2.34. The molecule has 31 heavy (non-hydrogen) atoms. The molecule has 1 amide bonds. The summed E-state index contributed by atoms with van der Waals surface area (Å²) >= 11 is 1.37. The highest BCUT2D eigenvalue weighted by atomic mass is 32.1. The van der Waals surface area contributed by atoms with Crippen molar-refractivity contribution in [3.05, 3.63) is 94.0 Å². The third-order valence-corrected chi connectivity index (χ3v) is 6.14. The zero-order chi connectivity index (χ0) is 22.0. The molecule has 2 heterocycles. The number of thiazole rings is 1. The predicted molar refractivity (Wildman–Crippen MR) is 119 cm³/mol. The molecule has 0 aliphatic heterocycles. The maximum atomic E-state index is 13.4. The van der Waals surface area contributed by atoms with Crippen molar-refractivity contribution in [2.75, 3.05) is 0 Å². The molecule has 0 saturated heterocycles. The SMILES string of the molecule is Cc1[nH]n(-c2ncc(-c3ccccc3)s2)c(=O)c1C(c1ccccc1)C(C#N)C(N)=O. The molecular formula is C23H19N5O2S. The van der Waals surface area contributed by atoms with E-state index < -0.39 is 17.7 Å². The van der Waals surface area contributed by atoms with Crippen molar-refractivity contribution in [2.45, 2.75) is 12.8 Å². The second-order valence-electron chi connectivity index (χ2n) is 7.06. The number of benzene rings is 2. The fourth-order valence-electron chi connectivity index (χ4n) is 3.65. The first-order chi connectivity index (χ1) is 15.0. The van der Waals surface area contributed by atoms with Gasteiger partial charge in [0.1, 0.15) is 5.92 Å². The van der Waals surface area contributed by atoms with Crippen LogP contribution in [0.5, 0.6) is 0 Å². The van der Waals surface area contributed by atoms with Gasteiger partial charge < -0.3 is 5.73 Å². The molecule has 2 atom stereocenters. The lowest BCUT2D eigenvalue weighted by Crippen LogP contribution is -2.31. The van der Waals surface area contributed by atoms with Crippen LogP contribution in [0.4, 0.5) is 0 Å². The number of carbonyl (C=O) groups is 1. The fraction of sp³-hybridized carbons (Fsp3) is 0.130. The lowest BCUT2D eigenvalue weighted by molar-refractivity contribution is -0.120. The van der Waals surface area contributed by atoms with E-state index in [9.17, 15) is 14.9 Å². The van der Waals surface area contributed by atoms with Crippen molar-refractivity contribution < 1.29 is 4.79 Å². The first-order valence-electron chi connectivity index (χ1n) is 9.58. The standard InChI is InChI=1S/C23H19N5O2S/c1-14-19(20(17(12-24)21(25)29)16-10-6-3-7-11-16)22(30)28(27-14)23-26-13-18(31-23)15-8-4-2-5-9-15/h2-11,13,17,20,27H,1H3,(H2,25,29). The van der Waals surface area contributed by atoms with Crippen LogP contribution in [0.2, 0.25) is 0 Å². The third-order valence-electron chi connectivity index (χ3n) is 5.11. The number of nitrogens with one attached hydrogen (secondary N) is 1. The summed E-state index contributed by atoms with van der Waals surface area (Å²) in [6.45, 7) is 1.74. The average molecular weight is 430 g/mol. The molecule has 7 nitrogen and oxygen atoms in total. The van der Waals surface area contributed by atoms with Crippen LogP contribution in [0, 0.1) is 24.2 Å². The van der Waals surface area contributed by atoms with E-state index in [0.29, 0.717) is 22.0 Å². The Balaban J connectivity index is 1.83. The number of hydrogen-bond acceptors (Lipinski definition) is 5. The monoisotopic (exact) mass is 429 g/mol. The molecule has 0 aliphatic carbocycles. The van der Waals surface area contributed by atoms with Crippen LogP contribution >= 0.6 is 11.3 Å². The van der Waals surface area contributed by atoms with Crippen molar-refractivity contribution in [1.82, 2.24) is 14.8 Å². The number of nitrogens with zero attached hydrogens (tertiary/aromatic N) is 3. The van der Waals surface area contributed by atoms with Crippen LogP contribution in [0.3, 0.4) is 0 Å². The van der Waals surface area contributed by atoms with Crippen LogP contribution < -0.4 is 11.3 Å². The number of aryl methyl sites for hydroxylation is 1. The molecule has 154 valence electrons. The third kappa shape index (κ3) is 3.79. The lowest BCUT2D eigenvalue weighted by Gasteiger charge is -2.19. The summed E-state index contributed by atoms with van der Waals surface area (Å²) in [5.41, 5.74) is 7.71. The van der Waals surface area contributed by atoms with Gasteiger partial charge in [0.05, 0.1) is 10.9 Å². The molecule has 0 fully saturated rings. The van der Waals surface area contributed by atoms with E-state index in [1.54, 1.807) is 37.4 Å². The van der Waals surface area contributed by atoms with Gasteiger partial charge in [0, 0.05) is 23.4 Å². The Morgan fingerprint density at radius 2 is 1.81 bits per heavy atom. The van der Waals surface area contributed by atoms with Gasteiger partial charge in [-0.1, -0.05) is 72.0 Å². The van der Waals surface area contributed by atoms with Gasteiger partial charge in [0.25, 0.3) is 5.56 Å². The molecule has 2 aromatic carbocycles. The zero-order valence-electron chi connectivity index (χ0n) is 16.6. The van der Waals surface area contributed by atoms with Gasteiger partial charge in [0.2, 0.25) is 11.0 Å². The Morgan fingerprint density at radius 1 is 1.16 bits per heavy atom. The van der Waals surface area contributed by atoms with Crippen molar-refractivity contribution in [2.24, 2.45) is 11.7 Å². The van der Waals surface area contributed by atoms with Crippen LogP contribution in [0.15, 0.2) is 71.7 Å². The molecule has 0 saturated carbocycles. The maximum Gasteiger partial charge on any atom is 0.277 e. The lowest BCUT2D eigenvalue weighted by atomic mass is 9.81. The van der Waals surface area contributed by atoms with Crippen molar-refractivity contribution in [3.63, 3.8) is 0 Å². The Morgan fingerprint density at radius 3 is 2.42 bits per heavy atom. The smallest absolute Gasteiger partial charge is 0.277 e. The van der Waals surface area contributed by atoms with E-state index in [4.69, 9.17) is 5.73 Å². The summed E-state index contributed by atoms with van der Waals surface area (Å²) in [4.78, 5) is 30.8. The van der Waals surface area contributed by atoms with Crippen LogP contribution in [-0.4, -0.2) is 20.7 Å². The van der Waals surface area contributed by atoms with E-state index in [1.807, 2.05) is 42.5 Å². The van der Waals surface area contributed by atoms with Gasteiger partial charge in [-0.25, -0.2) is 4.98 Å². The van der Waals surface area contributed by atoms with Crippen molar-refractivity contribution >= 4 is 17.2 Å². The maximum absolute atomic E-state index is 13.4. The molecule has 0 spiro atoms. The first kappa shape index (κ1) is 20.3. The summed E-state index contributed by atoms with van der Waals surface area (Å²) in [6, 6.07) is 20.7. The summed E-state index contributed by atoms with van der Waals surface area (Å²) in [5.74, 6) is -2.75. The molecule has 0 bridgehead atoms. The number of nitrogens with two attached hydrogens (primary N) is 1. The Kier molecular flexibility index (Phi) is 5.52. The fourth-order valence-corrected chi connectivity index (χ4v) is 4.53. The van der Waals surface area contributed by atoms with E-state index in [1.165, 1.54) is 16.0 Å². The second kappa shape index (κ2) is 8.42. The number of aromatic amines is 1. The molecule has 2 unspecified atom stereocenters. The van der Waals surface area contributed by atoms with E-state index in [0.717, 1.165) is 10.4 Å². The van der Waals surface area contributed by atoms with Crippen LogP contribution in [-0.2, 0) is 4.79 Å². The van der Waals surface area contributed by atoms with Crippen LogP contribution in [0.25, 0.3) is 15.6 Å². The number of hydrogen-bond donors (Lipinski definition) is 2. The quantitative estimate of drug-likeness (QED) is 0.489. The minimum atomic E-state index is -1.19. The summed E-state index contributed by atoms with van der Waals surface area (Å²) in [7, 11) is 0. The largest absolute Gasteiger partial charge is 0.369 e. The van der Waals surface area contributed by atoms with Crippen molar-refractivity contribution in [3.8, 4) is 21.6 Å². The van der Waals surface area contributed by atoms with E-state index >= 15 is 0 Å². The van der Waals surface area contributed by atoms with Gasteiger partial charge in [0.15, 0.2) is 0 Å². The molecule has 2 aromatic heterocycles. The summed E-state index contributed by atoms with van der Waals surface area (Å²) in [5, 5.41) is 13.2. The Labute approximate surface area is 182 Å². The second-order valence-corrected chi connectivity index (χ2v) is 8.07. The van der Waals surface area contributed by atoms with Gasteiger partial charge >= 0.3 is 0 Å². The molecule has 0 aliphatic rings. The molecule has 3 N–H and O–H groups in total. The molecule has 4 rings (SSSR count). The summed E-state index contributed by atoms with van der Waals surface area (Å²) < 4.78 is 1.35. The summed E-state index contributed by atoms with van der Waals surface area (Å²) in [6.07, 6.45) is 1.72. The van der Waals surface area contributed by atoms with E-state index in [2.05, 4.69) is 10.1 Å². The molecule has 0 radical (unpaired) electrons. The predicted octanol–water partition coefficient (Wildman–Crippen LogP) is 3.35. The molecule has 8 heteroatoms. The number of amides is 1. The highest BCUT2D eigenvalue weighted by molar-refractivity contribution is 7.17. The Hall–Kier alpha value is -3.96. The topological polar surface area (TPSA) is 118 Å². The van der Waals surface area contributed by atoms with Crippen molar-refractivity contribution in [1.29, 1.82) is 5.26 Å². The van der Waals surface area contributed by atoms with Gasteiger partial charge in [-0.3, -0.25) is 14.7 Å². The number of carbonyl (C=O) groups excluding carboxylic acids is 1. The normalized spacial score (nSPS) is 12.8. The van der Waals surface area contributed by atoms with Crippen LogP contribution in [0.1, 0.15) is 22.7 Å². The molecular weight excluding hydrogens is 410 g/mol. The molecule has 4 aromatic rings. The highest BCUT2D eigenvalue weighted by Crippen LogP contribution is 2.33. The number of nitriles is 1. The van der Waals surface area contributed by atoms with Gasteiger partial charge in [-0.05, 0) is 18.1 Å². The minimum absolute atomic E-state index is 0.327. The van der Waals surface area contributed by atoms with Gasteiger partial charge in [-0.15, -0.1) is 0 Å². The first-order valence-corrected chi connectivity index (χ1v) is 10.4. The minimum Gasteiger partial charge on any atom is -0.369 e. The zero-order valence-corrected chi connectivity index (χ0v) is 17.5. The van der Waals surface area contributed by atoms with E-state index in [-0.39, 0.29) is 5.56 Å². The number of H-pyrrole nitrogens is 1.